The van der Waals surface area contributed by atoms with Gasteiger partial charge in [0.15, 0.2) is 17.1 Å². The SMILES string of the molecule is COc1ccc(C(NC(=O)N2CCCC(c3nnc4ccccn34)C2)C(C)C)cc1OC. The van der Waals surface area contributed by atoms with E-state index in [1.807, 2.05) is 51.9 Å². The van der Waals surface area contributed by atoms with Crippen LogP contribution in [0.2, 0.25) is 0 Å². The monoisotopic (exact) mass is 437 g/mol. The Balaban J connectivity index is 1.50. The number of pyridine rings is 1. The zero-order valence-electron chi connectivity index (χ0n) is 19.1. The summed E-state index contributed by atoms with van der Waals surface area (Å²) < 4.78 is 12.8. The van der Waals surface area contributed by atoms with E-state index in [9.17, 15) is 4.79 Å². The molecule has 3 aromatic rings. The van der Waals surface area contributed by atoms with Gasteiger partial charge in [0, 0.05) is 25.2 Å². The first-order valence-electron chi connectivity index (χ1n) is 11.1. The molecule has 1 saturated heterocycles. The first-order chi connectivity index (χ1) is 15.5. The second kappa shape index (κ2) is 9.46. The van der Waals surface area contributed by atoms with Crippen LogP contribution < -0.4 is 14.8 Å². The molecule has 8 nitrogen and oxygen atoms in total. The average molecular weight is 438 g/mol. The molecule has 0 spiro atoms. The molecule has 32 heavy (non-hydrogen) atoms. The topological polar surface area (TPSA) is 81.0 Å². The lowest BCUT2D eigenvalue weighted by atomic mass is 9.95. The highest BCUT2D eigenvalue weighted by Gasteiger charge is 2.30. The number of ether oxygens (including phenoxy) is 2. The number of urea groups is 1. The summed E-state index contributed by atoms with van der Waals surface area (Å²) >= 11 is 0. The summed E-state index contributed by atoms with van der Waals surface area (Å²) in [5.41, 5.74) is 1.82. The van der Waals surface area contributed by atoms with Crippen molar-refractivity contribution >= 4 is 11.7 Å². The highest BCUT2D eigenvalue weighted by Crippen LogP contribution is 2.33. The highest BCUT2D eigenvalue weighted by atomic mass is 16.5. The number of hydrogen-bond donors (Lipinski definition) is 1. The van der Waals surface area contributed by atoms with Gasteiger partial charge in [0.25, 0.3) is 0 Å². The largest absolute Gasteiger partial charge is 0.493 e. The maximum Gasteiger partial charge on any atom is 0.317 e. The van der Waals surface area contributed by atoms with Crippen molar-refractivity contribution in [3.05, 3.63) is 54.0 Å². The number of amides is 2. The second-order valence-corrected chi connectivity index (χ2v) is 8.56. The van der Waals surface area contributed by atoms with Crippen molar-refractivity contribution < 1.29 is 14.3 Å². The Morgan fingerprint density at radius 1 is 1.12 bits per heavy atom. The van der Waals surface area contributed by atoms with Gasteiger partial charge in [-0.25, -0.2) is 4.79 Å². The van der Waals surface area contributed by atoms with Crippen LogP contribution in [0.1, 0.15) is 50.0 Å². The number of nitrogens with zero attached hydrogens (tertiary/aromatic N) is 4. The number of carbonyl (C=O) groups excluding carboxylic acids is 1. The van der Waals surface area contributed by atoms with Gasteiger partial charge < -0.3 is 19.7 Å². The zero-order valence-corrected chi connectivity index (χ0v) is 19.1. The predicted octanol–water partition coefficient (Wildman–Crippen LogP) is 4.03. The number of methoxy groups -OCH3 is 2. The summed E-state index contributed by atoms with van der Waals surface area (Å²) in [6.07, 6.45) is 3.90. The number of rotatable bonds is 6. The number of likely N-dealkylation sites (tertiary alicyclic amines) is 1. The molecule has 1 N–H and O–H groups in total. The molecule has 2 unspecified atom stereocenters. The molecule has 1 aromatic carbocycles. The number of carbonyl (C=O) groups is 1. The zero-order chi connectivity index (χ0) is 22.7. The van der Waals surface area contributed by atoms with E-state index >= 15 is 0 Å². The molecule has 8 heteroatoms. The van der Waals surface area contributed by atoms with Crippen molar-refractivity contribution in [3.8, 4) is 11.5 Å². The molecule has 2 atom stereocenters. The van der Waals surface area contributed by atoms with Gasteiger partial charge in [0.05, 0.1) is 20.3 Å². The van der Waals surface area contributed by atoms with Crippen LogP contribution in [0.5, 0.6) is 11.5 Å². The smallest absolute Gasteiger partial charge is 0.317 e. The lowest BCUT2D eigenvalue weighted by Gasteiger charge is -2.34. The van der Waals surface area contributed by atoms with Crippen molar-refractivity contribution in [1.29, 1.82) is 0 Å². The van der Waals surface area contributed by atoms with Gasteiger partial charge >= 0.3 is 6.03 Å². The summed E-state index contributed by atoms with van der Waals surface area (Å²) in [7, 11) is 3.23. The van der Waals surface area contributed by atoms with Gasteiger partial charge in [-0.2, -0.15) is 0 Å². The fourth-order valence-electron chi connectivity index (χ4n) is 4.42. The Labute approximate surface area is 188 Å². The summed E-state index contributed by atoms with van der Waals surface area (Å²) in [6, 6.07) is 11.5. The molecule has 2 aromatic heterocycles. The molecule has 3 heterocycles. The molecular formula is C24H31N5O3. The van der Waals surface area contributed by atoms with Crippen molar-refractivity contribution in [3.63, 3.8) is 0 Å². The van der Waals surface area contributed by atoms with Gasteiger partial charge in [-0.1, -0.05) is 26.0 Å². The van der Waals surface area contributed by atoms with Crippen LogP contribution >= 0.6 is 0 Å². The number of hydrogen-bond acceptors (Lipinski definition) is 5. The molecule has 2 amide bonds. The summed E-state index contributed by atoms with van der Waals surface area (Å²) in [4.78, 5) is 15.2. The Morgan fingerprint density at radius 2 is 1.94 bits per heavy atom. The van der Waals surface area contributed by atoms with Gasteiger partial charge in [-0.05, 0) is 48.6 Å². The van der Waals surface area contributed by atoms with E-state index in [-0.39, 0.29) is 23.9 Å². The number of fused-ring (bicyclic) bond motifs is 1. The Kier molecular flexibility index (Phi) is 6.48. The normalized spacial score (nSPS) is 17.4. The number of benzene rings is 1. The van der Waals surface area contributed by atoms with Crippen molar-refractivity contribution in [2.45, 2.75) is 38.6 Å². The molecule has 1 aliphatic rings. The summed E-state index contributed by atoms with van der Waals surface area (Å²) in [5, 5.41) is 11.9. The van der Waals surface area contributed by atoms with Crippen LogP contribution in [0.25, 0.3) is 5.65 Å². The molecule has 1 fully saturated rings. The van der Waals surface area contributed by atoms with Gasteiger partial charge in [0.2, 0.25) is 0 Å². The quantitative estimate of drug-likeness (QED) is 0.630. The Hall–Kier alpha value is -3.29. The molecule has 4 rings (SSSR count). The minimum Gasteiger partial charge on any atom is -0.493 e. The number of nitrogens with one attached hydrogen (secondary N) is 1. The van der Waals surface area contributed by atoms with Gasteiger partial charge in [-0.3, -0.25) is 4.40 Å². The van der Waals surface area contributed by atoms with Crippen molar-refractivity contribution in [1.82, 2.24) is 24.8 Å². The molecule has 0 aliphatic carbocycles. The highest BCUT2D eigenvalue weighted by molar-refractivity contribution is 5.75. The molecule has 170 valence electrons. The van der Waals surface area contributed by atoms with Crippen LogP contribution in [0, 0.1) is 5.92 Å². The maximum atomic E-state index is 13.3. The molecule has 1 aliphatic heterocycles. The fourth-order valence-corrected chi connectivity index (χ4v) is 4.42. The summed E-state index contributed by atoms with van der Waals surface area (Å²) in [5.74, 6) is 2.60. The molecule has 0 radical (unpaired) electrons. The van der Waals surface area contributed by atoms with E-state index in [1.165, 1.54) is 0 Å². The van der Waals surface area contributed by atoms with E-state index in [0.717, 1.165) is 36.4 Å². The summed E-state index contributed by atoms with van der Waals surface area (Å²) in [6.45, 7) is 5.56. The van der Waals surface area contributed by atoms with E-state index in [2.05, 4.69) is 29.4 Å². The first-order valence-corrected chi connectivity index (χ1v) is 11.1. The average Bonchev–Trinajstić information content (AvgIpc) is 3.26. The fraction of sp³-hybridized carbons (Fsp3) is 0.458. The van der Waals surface area contributed by atoms with Crippen LogP contribution in [0.4, 0.5) is 4.79 Å². The maximum absolute atomic E-state index is 13.3. The van der Waals surface area contributed by atoms with Crippen LogP contribution in [0.15, 0.2) is 42.6 Å². The Bertz CT molecular complexity index is 1080. The second-order valence-electron chi connectivity index (χ2n) is 8.56. The minimum absolute atomic E-state index is 0.0583. The van der Waals surface area contributed by atoms with Gasteiger partial charge in [0.1, 0.15) is 5.82 Å². The third kappa shape index (κ3) is 4.35. The Morgan fingerprint density at radius 3 is 2.69 bits per heavy atom. The third-order valence-corrected chi connectivity index (χ3v) is 6.13. The molecular weight excluding hydrogens is 406 g/mol. The van der Waals surface area contributed by atoms with E-state index in [4.69, 9.17) is 9.47 Å². The third-order valence-electron chi connectivity index (χ3n) is 6.13. The standard InChI is InChI=1S/C24H31N5O3/c1-16(2)22(17-10-11-19(31-3)20(14-17)32-4)25-24(30)28-12-7-8-18(15-28)23-27-26-21-9-5-6-13-29(21)23/h5-6,9-11,13-14,16,18,22H,7-8,12,15H2,1-4H3,(H,25,30). The van der Waals surface area contributed by atoms with Crippen LogP contribution in [0.3, 0.4) is 0 Å². The number of aromatic nitrogens is 3. The van der Waals surface area contributed by atoms with Gasteiger partial charge in [-0.15, -0.1) is 10.2 Å². The van der Waals surface area contributed by atoms with Crippen molar-refractivity contribution in [2.24, 2.45) is 5.92 Å². The molecule has 0 saturated carbocycles. The number of piperidine rings is 1. The van der Waals surface area contributed by atoms with Crippen LogP contribution in [-0.2, 0) is 0 Å². The van der Waals surface area contributed by atoms with E-state index in [0.29, 0.717) is 18.0 Å². The van der Waals surface area contributed by atoms with E-state index in [1.54, 1.807) is 14.2 Å². The lowest BCUT2D eigenvalue weighted by Crippen LogP contribution is -2.47. The van der Waals surface area contributed by atoms with E-state index < -0.39 is 0 Å². The minimum atomic E-state index is -0.142. The molecule has 0 bridgehead atoms. The van der Waals surface area contributed by atoms with Crippen LogP contribution in [-0.4, -0.2) is 52.8 Å². The van der Waals surface area contributed by atoms with Crippen molar-refractivity contribution in [2.75, 3.05) is 27.3 Å². The first kappa shape index (κ1) is 21.9. The predicted molar refractivity (Wildman–Crippen MR) is 122 cm³/mol. The lowest BCUT2D eigenvalue weighted by molar-refractivity contribution is 0.171.